The minimum Gasteiger partial charge on any atom is -0.491 e. The van der Waals surface area contributed by atoms with E-state index in [1.165, 1.54) is 11.9 Å². The van der Waals surface area contributed by atoms with Crippen LogP contribution in [0.2, 0.25) is 0 Å². The first kappa shape index (κ1) is 20.2. The third-order valence-corrected chi connectivity index (χ3v) is 4.63. The van der Waals surface area contributed by atoms with E-state index in [0.29, 0.717) is 18.0 Å². The van der Waals surface area contributed by atoms with Crippen molar-refractivity contribution in [3.8, 4) is 11.8 Å². The molecule has 1 aliphatic rings. The minimum absolute atomic E-state index is 0.0336. The fraction of sp³-hybridized carbons (Fsp3) is 0.500. The molecule has 1 saturated carbocycles. The average molecular weight is 395 g/mol. The summed E-state index contributed by atoms with van der Waals surface area (Å²) in [5, 5.41) is 0. The Morgan fingerprint density at radius 1 is 1.18 bits per heavy atom. The van der Waals surface area contributed by atoms with E-state index in [1.807, 2.05) is 6.92 Å². The summed E-state index contributed by atoms with van der Waals surface area (Å²) in [5.41, 5.74) is -0.425. The van der Waals surface area contributed by atoms with Crippen molar-refractivity contribution in [2.45, 2.75) is 51.3 Å². The van der Waals surface area contributed by atoms with Crippen LogP contribution in [0.1, 0.15) is 44.6 Å². The molecule has 1 fully saturated rings. The molecule has 0 amide bonds. The largest absolute Gasteiger partial charge is 0.491 e. The number of halogens is 3. The molecule has 8 heteroatoms. The molecule has 0 N–H and O–H groups in total. The van der Waals surface area contributed by atoms with E-state index < -0.39 is 11.7 Å². The molecule has 1 aliphatic carbocycles. The monoisotopic (exact) mass is 395 g/mol. The van der Waals surface area contributed by atoms with Gasteiger partial charge in [0, 0.05) is 13.2 Å². The maximum atomic E-state index is 13.6. The molecule has 3 rings (SSSR count). The lowest BCUT2D eigenvalue weighted by molar-refractivity contribution is -0.137. The molecule has 1 heterocycles. The van der Waals surface area contributed by atoms with Crippen LogP contribution in [-0.4, -0.2) is 29.7 Å². The highest BCUT2D eigenvalue weighted by Crippen LogP contribution is 2.40. The first-order chi connectivity index (χ1) is 13.4. The van der Waals surface area contributed by atoms with E-state index in [2.05, 4.69) is 9.97 Å². The average Bonchev–Trinajstić information content (AvgIpc) is 3.18. The molecule has 5 nitrogen and oxygen atoms in total. The summed E-state index contributed by atoms with van der Waals surface area (Å²) in [7, 11) is 1.53. The fourth-order valence-electron chi connectivity index (χ4n) is 3.21. The molecular formula is C20H24F3N3O2. The van der Waals surface area contributed by atoms with Gasteiger partial charge in [0.15, 0.2) is 5.82 Å². The molecule has 2 aromatic rings. The quantitative estimate of drug-likeness (QED) is 0.630. The molecule has 1 aromatic carbocycles. The predicted molar refractivity (Wildman–Crippen MR) is 100 cm³/mol. The number of aromatic nitrogens is 2. The van der Waals surface area contributed by atoms with Gasteiger partial charge in [-0.2, -0.15) is 18.2 Å². The van der Waals surface area contributed by atoms with Gasteiger partial charge in [0.2, 0.25) is 0 Å². The van der Waals surface area contributed by atoms with Gasteiger partial charge in [0.1, 0.15) is 17.4 Å². The summed E-state index contributed by atoms with van der Waals surface area (Å²) < 4.78 is 52.2. The second kappa shape index (κ2) is 8.67. The van der Waals surface area contributed by atoms with E-state index >= 15 is 0 Å². The van der Waals surface area contributed by atoms with Crippen LogP contribution in [0.3, 0.4) is 0 Å². The number of alkyl halides is 3. The van der Waals surface area contributed by atoms with Gasteiger partial charge < -0.3 is 14.4 Å². The number of nitrogens with zero attached hydrogens (tertiary/aromatic N) is 3. The first-order valence-electron chi connectivity index (χ1n) is 9.46. The van der Waals surface area contributed by atoms with E-state index in [-0.39, 0.29) is 17.9 Å². The standard InChI is InChI=1S/C20H24F3N3O2/c1-3-12-27-17-11-7-6-10-16(17)26(2)18-15(20(21,22)23)13-24-19(25-18)28-14-8-4-5-9-14/h6-7,10-11,13-14H,3-5,8-9,12H2,1-2H3. The molecule has 0 unspecified atom stereocenters. The van der Waals surface area contributed by atoms with Crippen molar-refractivity contribution in [3.05, 3.63) is 36.0 Å². The van der Waals surface area contributed by atoms with Crippen molar-refractivity contribution in [1.82, 2.24) is 9.97 Å². The van der Waals surface area contributed by atoms with Gasteiger partial charge in [0.25, 0.3) is 0 Å². The summed E-state index contributed by atoms with van der Waals surface area (Å²) in [5.74, 6) is 0.236. The van der Waals surface area contributed by atoms with Crippen molar-refractivity contribution >= 4 is 11.5 Å². The second-order valence-corrected chi connectivity index (χ2v) is 6.79. The smallest absolute Gasteiger partial charge is 0.421 e. The molecular weight excluding hydrogens is 371 g/mol. The van der Waals surface area contributed by atoms with Gasteiger partial charge >= 0.3 is 12.2 Å². The minimum atomic E-state index is -4.59. The van der Waals surface area contributed by atoms with E-state index in [4.69, 9.17) is 9.47 Å². The number of para-hydroxylation sites is 2. The molecule has 0 aliphatic heterocycles. The lowest BCUT2D eigenvalue weighted by Crippen LogP contribution is -2.21. The number of rotatable bonds is 7. The highest BCUT2D eigenvalue weighted by molar-refractivity contribution is 5.68. The molecule has 1 aromatic heterocycles. The molecule has 0 saturated heterocycles. The number of hydrogen-bond donors (Lipinski definition) is 0. The first-order valence-corrected chi connectivity index (χ1v) is 9.46. The number of ether oxygens (including phenoxy) is 2. The Balaban J connectivity index is 1.97. The molecule has 0 bridgehead atoms. The Morgan fingerprint density at radius 3 is 2.57 bits per heavy atom. The molecule has 0 spiro atoms. The number of anilines is 2. The lowest BCUT2D eigenvalue weighted by atomic mass is 10.2. The Labute approximate surface area is 162 Å². The third-order valence-electron chi connectivity index (χ3n) is 4.63. The Morgan fingerprint density at radius 2 is 1.89 bits per heavy atom. The maximum absolute atomic E-state index is 13.6. The lowest BCUT2D eigenvalue weighted by Gasteiger charge is -2.25. The molecule has 28 heavy (non-hydrogen) atoms. The summed E-state index contributed by atoms with van der Waals surface area (Å²) >= 11 is 0. The zero-order chi connectivity index (χ0) is 20.1. The Kier molecular flexibility index (Phi) is 6.26. The van der Waals surface area contributed by atoms with Gasteiger partial charge in [0.05, 0.1) is 12.3 Å². The van der Waals surface area contributed by atoms with Crippen LogP contribution in [0, 0.1) is 0 Å². The fourth-order valence-corrected chi connectivity index (χ4v) is 3.21. The highest BCUT2D eigenvalue weighted by atomic mass is 19.4. The van der Waals surface area contributed by atoms with Crippen molar-refractivity contribution in [3.63, 3.8) is 0 Å². The topological polar surface area (TPSA) is 47.5 Å². The maximum Gasteiger partial charge on any atom is 0.421 e. The van der Waals surface area contributed by atoms with Crippen LogP contribution in [0.4, 0.5) is 24.7 Å². The summed E-state index contributed by atoms with van der Waals surface area (Å²) in [6, 6.07) is 6.92. The second-order valence-electron chi connectivity index (χ2n) is 6.79. The summed E-state index contributed by atoms with van der Waals surface area (Å²) in [6.45, 7) is 2.43. The predicted octanol–water partition coefficient (Wildman–Crippen LogP) is 5.37. The van der Waals surface area contributed by atoms with Gasteiger partial charge in [-0.25, -0.2) is 4.98 Å². The van der Waals surface area contributed by atoms with Crippen molar-refractivity contribution in [2.24, 2.45) is 0 Å². The highest BCUT2D eigenvalue weighted by Gasteiger charge is 2.37. The third kappa shape index (κ3) is 4.66. The van der Waals surface area contributed by atoms with Crippen LogP contribution < -0.4 is 14.4 Å². The van der Waals surface area contributed by atoms with Crippen LogP contribution in [0.15, 0.2) is 30.5 Å². The van der Waals surface area contributed by atoms with Gasteiger partial charge in [-0.1, -0.05) is 19.1 Å². The van der Waals surface area contributed by atoms with E-state index in [1.54, 1.807) is 24.3 Å². The molecule has 0 radical (unpaired) electrons. The van der Waals surface area contributed by atoms with Gasteiger partial charge in [-0.3, -0.25) is 0 Å². The Hall–Kier alpha value is -2.51. The van der Waals surface area contributed by atoms with E-state index in [0.717, 1.165) is 38.3 Å². The normalized spacial score (nSPS) is 14.9. The zero-order valence-corrected chi connectivity index (χ0v) is 16.0. The number of benzene rings is 1. The van der Waals surface area contributed by atoms with Crippen LogP contribution in [0.25, 0.3) is 0 Å². The van der Waals surface area contributed by atoms with Gasteiger partial charge in [-0.05, 0) is 44.2 Å². The zero-order valence-electron chi connectivity index (χ0n) is 16.0. The van der Waals surface area contributed by atoms with Crippen molar-refractivity contribution in [2.75, 3.05) is 18.6 Å². The molecule has 0 atom stereocenters. The van der Waals surface area contributed by atoms with Crippen LogP contribution in [0.5, 0.6) is 11.8 Å². The number of hydrogen-bond acceptors (Lipinski definition) is 5. The van der Waals surface area contributed by atoms with Crippen LogP contribution in [-0.2, 0) is 6.18 Å². The van der Waals surface area contributed by atoms with Crippen molar-refractivity contribution < 1.29 is 22.6 Å². The summed E-state index contributed by atoms with van der Waals surface area (Å²) in [6.07, 6.45) is 0.758. The van der Waals surface area contributed by atoms with Crippen LogP contribution >= 0.6 is 0 Å². The van der Waals surface area contributed by atoms with Gasteiger partial charge in [-0.15, -0.1) is 0 Å². The SMILES string of the molecule is CCCOc1ccccc1N(C)c1nc(OC2CCCC2)ncc1C(F)(F)F. The van der Waals surface area contributed by atoms with E-state index in [9.17, 15) is 13.2 Å². The van der Waals surface area contributed by atoms with Crippen molar-refractivity contribution in [1.29, 1.82) is 0 Å². The molecule has 152 valence electrons. The Bertz CT molecular complexity index is 793. The summed E-state index contributed by atoms with van der Waals surface area (Å²) in [4.78, 5) is 9.30.